The standard InChI is InChI=1S/C14H24N2S2/c1-10-14(15-5,7-6-8-17-10)12-16-11(9-18-12)13(2,3)4/h9-10,15H,6-8H2,1-5H3. The summed E-state index contributed by atoms with van der Waals surface area (Å²) >= 11 is 3.89. The van der Waals surface area contributed by atoms with E-state index in [1.54, 1.807) is 0 Å². The third-order valence-corrected chi connectivity index (χ3v) is 6.32. The molecule has 1 fully saturated rings. The van der Waals surface area contributed by atoms with Crippen molar-refractivity contribution in [1.82, 2.24) is 10.3 Å². The molecule has 0 aromatic carbocycles. The Morgan fingerprint density at radius 2 is 2.17 bits per heavy atom. The van der Waals surface area contributed by atoms with Crippen molar-refractivity contribution in [2.24, 2.45) is 0 Å². The second-order valence-electron chi connectivity index (χ2n) is 6.13. The molecule has 2 unspecified atom stereocenters. The van der Waals surface area contributed by atoms with E-state index in [1.165, 1.54) is 29.3 Å². The van der Waals surface area contributed by atoms with Crippen molar-refractivity contribution in [3.05, 3.63) is 16.1 Å². The second-order valence-corrected chi connectivity index (χ2v) is 8.43. The van der Waals surface area contributed by atoms with Crippen LogP contribution in [-0.4, -0.2) is 23.0 Å². The normalized spacial score (nSPS) is 29.5. The van der Waals surface area contributed by atoms with Gasteiger partial charge >= 0.3 is 0 Å². The van der Waals surface area contributed by atoms with Crippen molar-refractivity contribution in [3.63, 3.8) is 0 Å². The number of thioether (sulfide) groups is 1. The van der Waals surface area contributed by atoms with Crippen LogP contribution < -0.4 is 5.32 Å². The lowest BCUT2D eigenvalue weighted by molar-refractivity contribution is 0.317. The van der Waals surface area contributed by atoms with Crippen LogP contribution in [0.4, 0.5) is 0 Å². The minimum atomic E-state index is 0.0804. The number of aromatic nitrogens is 1. The van der Waals surface area contributed by atoms with Gasteiger partial charge in [-0.15, -0.1) is 11.3 Å². The Morgan fingerprint density at radius 3 is 2.67 bits per heavy atom. The summed E-state index contributed by atoms with van der Waals surface area (Å²) < 4.78 is 0. The van der Waals surface area contributed by atoms with E-state index in [2.05, 4.69) is 57.2 Å². The average Bonchev–Trinajstić information content (AvgIpc) is 2.79. The Labute approximate surface area is 119 Å². The van der Waals surface area contributed by atoms with E-state index in [-0.39, 0.29) is 11.0 Å². The van der Waals surface area contributed by atoms with E-state index >= 15 is 0 Å². The second kappa shape index (κ2) is 5.14. The van der Waals surface area contributed by atoms with Crippen LogP contribution in [0, 0.1) is 0 Å². The van der Waals surface area contributed by atoms with E-state index in [0.717, 1.165) is 0 Å². The number of hydrogen-bond donors (Lipinski definition) is 1. The fraction of sp³-hybridized carbons (Fsp3) is 0.786. The molecule has 4 heteroatoms. The molecule has 1 aromatic rings. The van der Waals surface area contributed by atoms with Gasteiger partial charge in [-0.1, -0.05) is 27.7 Å². The lowest BCUT2D eigenvalue weighted by Crippen LogP contribution is -2.49. The summed E-state index contributed by atoms with van der Waals surface area (Å²) in [6.07, 6.45) is 2.48. The van der Waals surface area contributed by atoms with Crippen LogP contribution in [0.5, 0.6) is 0 Å². The minimum Gasteiger partial charge on any atom is -0.308 e. The highest BCUT2D eigenvalue weighted by molar-refractivity contribution is 8.00. The van der Waals surface area contributed by atoms with Crippen LogP contribution in [0.1, 0.15) is 51.2 Å². The maximum Gasteiger partial charge on any atom is 0.114 e. The summed E-state index contributed by atoms with van der Waals surface area (Å²) in [6, 6.07) is 0. The van der Waals surface area contributed by atoms with Crippen molar-refractivity contribution in [1.29, 1.82) is 0 Å². The van der Waals surface area contributed by atoms with Gasteiger partial charge in [0.05, 0.1) is 11.2 Å². The number of nitrogens with one attached hydrogen (secondary N) is 1. The molecule has 0 saturated carbocycles. The Balaban J connectivity index is 2.35. The number of thiazole rings is 1. The van der Waals surface area contributed by atoms with Crippen LogP contribution in [0.15, 0.2) is 5.38 Å². The molecule has 102 valence electrons. The van der Waals surface area contributed by atoms with Gasteiger partial charge in [-0.3, -0.25) is 0 Å². The van der Waals surface area contributed by atoms with Crippen LogP contribution >= 0.6 is 23.1 Å². The third kappa shape index (κ3) is 2.47. The molecular formula is C14H24N2S2. The molecule has 1 N–H and O–H groups in total. The summed E-state index contributed by atoms with van der Waals surface area (Å²) in [5.41, 5.74) is 1.45. The lowest BCUT2D eigenvalue weighted by Gasteiger charge is -2.40. The first kappa shape index (κ1) is 14.4. The summed E-state index contributed by atoms with van der Waals surface area (Å²) in [4.78, 5) is 4.94. The number of nitrogens with zero attached hydrogens (tertiary/aromatic N) is 1. The SMILES string of the molecule is CNC1(c2nc(C(C)(C)C)cs2)CCCSC1C. The first-order valence-corrected chi connectivity index (χ1v) is 8.60. The van der Waals surface area contributed by atoms with Crippen LogP contribution in [0.25, 0.3) is 0 Å². The molecule has 0 spiro atoms. The third-order valence-electron chi connectivity index (χ3n) is 3.88. The molecular weight excluding hydrogens is 260 g/mol. The van der Waals surface area contributed by atoms with E-state index in [1.807, 2.05) is 11.3 Å². The van der Waals surface area contributed by atoms with Gasteiger partial charge in [-0.2, -0.15) is 11.8 Å². The molecule has 1 aliphatic rings. The van der Waals surface area contributed by atoms with Crippen molar-refractivity contribution in [3.8, 4) is 0 Å². The largest absolute Gasteiger partial charge is 0.308 e. The van der Waals surface area contributed by atoms with Gasteiger partial charge < -0.3 is 5.32 Å². The van der Waals surface area contributed by atoms with Gasteiger partial charge in [-0.25, -0.2) is 4.98 Å². The molecule has 1 saturated heterocycles. The van der Waals surface area contributed by atoms with Gasteiger partial charge in [0.1, 0.15) is 5.01 Å². The molecule has 0 aliphatic carbocycles. The maximum absolute atomic E-state index is 4.94. The van der Waals surface area contributed by atoms with Crippen molar-refractivity contribution < 1.29 is 0 Å². The quantitative estimate of drug-likeness (QED) is 0.895. The first-order chi connectivity index (χ1) is 8.40. The Hall–Kier alpha value is -0.0600. The van der Waals surface area contributed by atoms with Crippen molar-refractivity contribution >= 4 is 23.1 Å². The summed E-state index contributed by atoms with van der Waals surface area (Å²) in [6.45, 7) is 9.03. The fourth-order valence-corrected chi connectivity index (χ4v) is 5.24. The number of hydrogen-bond acceptors (Lipinski definition) is 4. The molecule has 2 nitrogen and oxygen atoms in total. The zero-order chi connectivity index (χ0) is 13.4. The Bertz CT molecular complexity index is 408. The zero-order valence-corrected chi connectivity index (χ0v) is 13.7. The van der Waals surface area contributed by atoms with E-state index in [4.69, 9.17) is 4.98 Å². The summed E-state index contributed by atoms with van der Waals surface area (Å²) in [5, 5.41) is 7.68. The first-order valence-electron chi connectivity index (χ1n) is 6.67. The zero-order valence-electron chi connectivity index (χ0n) is 12.0. The van der Waals surface area contributed by atoms with Crippen LogP contribution in [-0.2, 0) is 11.0 Å². The van der Waals surface area contributed by atoms with E-state index < -0.39 is 0 Å². The predicted molar refractivity (Wildman–Crippen MR) is 82.7 cm³/mol. The molecule has 0 radical (unpaired) electrons. The summed E-state index contributed by atoms with van der Waals surface area (Å²) in [5.74, 6) is 1.28. The van der Waals surface area contributed by atoms with E-state index in [9.17, 15) is 0 Å². The molecule has 2 rings (SSSR count). The lowest BCUT2D eigenvalue weighted by atomic mass is 9.89. The molecule has 2 heterocycles. The monoisotopic (exact) mass is 284 g/mol. The van der Waals surface area contributed by atoms with Crippen LogP contribution in [0.2, 0.25) is 0 Å². The van der Waals surface area contributed by atoms with Gasteiger partial charge in [0.15, 0.2) is 0 Å². The van der Waals surface area contributed by atoms with Gasteiger partial charge in [0.2, 0.25) is 0 Å². The highest BCUT2D eigenvalue weighted by Gasteiger charge is 2.41. The van der Waals surface area contributed by atoms with Crippen molar-refractivity contribution in [2.45, 2.75) is 56.7 Å². The maximum atomic E-state index is 4.94. The van der Waals surface area contributed by atoms with Gasteiger partial charge in [0, 0.05) is 16.0 Å². The van der Waals surface area contributed by atoms with Gasteiger partial charge in [0.25, 0.3) is 0 Å². The highest BCUT2D eigenvalue weighted by Crippen LogP contribution is 2.43. The molecule has 18 heavy (non-hydrogen) atoms. The Kier molecular flexibility index (Phi) is 4.10. The molecule has 1 aromatic heterocycles. The average molecular weight is 284 g/mol. The summed E-state index contributed by atoms with van der Waals surface area (Å²) in [7, 11) is 2.08. The minimum absolute atomic E-state index is 0.0804. The van der Waals surface area contributed by atoms with Crippen LogP contribution in [0.3, 0.4) is 0 Å². The predicted octanol–water partition coefficient (Wildman–Crippen LogP) is 3.77. The molecule has 0 bridgehead atoms. The number of rotatable bonds is 2. The molecule has 2 atom stereocenters. The highest BCUT2D eigenvalue weighted by atomic mass is 32.2. The van der Waals surface area contributed by atoms with E-state index in [0.29, 0.717) is 5.25 Å². The van der Waals surface area contributed by atoms with Gasteiger partial charge in [-0.05, 0) is 25.6 Å². The Morgan fingerprint density at radius 1 is 1.44 bits per heavy atom. The molecule has 1 aliphatic heterocycles. The molecule has 0 amide bonds. The van der Waals surface area contributed by atoms with Crippen molar-refractivity contribution in [2.75, 3.05) is 12.8 Å². The fourth-order valence-electron chi connectivity index (χ4n) is 2.50. The topological polar surface area (TPSA) is 24.9 Å². The smallest absolute Gasteiger partial charge is 0.114 e.